The Bertz CT molecular complexity index is 293. The van der Waals surface area contributed by atoms with Crippen LogP contribution < -0.4 is 0 Å². The molecule has 0 aliphatic heterocycles. The van der Waals surface area contributed by atoms with E-state index >= 15 is 0 Å². The Hall–Kier alpha value is -0.640. The number of hydrogen-bond donors (Lipinski definition) is 0. The van der Waals surface area contributed by atoms with Crippen molar-refractivity contribution < 1.29 is 4.79 Å². The number of aromatic nitrogens is 2. The van der Waals surface area contributed by atoms with Gasteiger partial charge in [-0.3, -0.25) is 4.68 Å². The van der Waals surface area contributed by atoms with E-state index in [4.69, 9.17) is 0 Å². The molecule has 0 saturated carbocycles. The molecule has 0 bridgehead atoms. The third-order valence-corrected chi connectivity index (χ3v) is 2.79. The number of rotatable bonds is 3. The van der Waals surface area contributed by atoms with Crippen LogP contribution in [0.5, 0.6) is 0 Å². The van der Waals surface area contributed by atoms with E-state index in [9.17, 15) is 4.79 Å². The smallest absolute Gasteiger partial charge is 0.120 e. The van der Waals surface area contributed by atoms with Crippen molar-refractivity contribution in [3.63, 3.8) is 0 Å². The summed E-state index contributed by atoms with van der Waals surface area (Å²) in [7, 11) is 1.89. The van der Waals surface area contributed by atoms with Crippen molar-refractivity contribution >= 4 is 22.2 Å². The summed E-state index contributed by atoms with van der Waals surface area (Å²) in [4.78, 5) is 10.2. The number of nitrogens with zero attached hydrogens (tertiary/aromatic N) is 2. The van der Waals surface area contributed by atoms with Gasteiger partial charge in [0.2, 0.25) is 0 Å². The standard InChI is InChI=1S/C8H11BrN2O/c1-6-8(9)7(4-3-5-12)11(2)10-6/h5H,3-4H2,1-2H3. The van der Waals surface area contributed by atoms with E-state index in [0.717, 1.165) is 28.6 Å². The van der Waals surface area contributed by atoms with Gasteiger partial charge in [-0.2, -0.15) is 5.10 Å². The number of hydrogen-bond acceptors (Lipinski definition) is 2. The lowest BCUT2D eigenvalue weighted by Crippen LogP contribution is -1.98. The summed E-state index contributed by atoms with van der Waals surface area (Å²) in [5.41, 5.74) is 2.05. The van der Waals surface area contributed by atoms with Crippen molar-refractivity contribution in [2.45, 2.75) is 19.8 Å². The normalized spacial score (nSPS) is 10.2. The highest BCUT2D eigenvalue weighted by molar-refractivity contribution is 9.10. The van der Waals surface area contributed by atoms with Crippen LogP contribution in [0.3, 0.4) is 0 Å². The molecule has 0 N–H and O–H groups in total. The van der Waals surface area contributed by atoms with Gasteiger partial charge in [0.1, 0.15) is 6.29 Å². The van der Waals surface area contributed by atoms with E-state index in [1.807, 2.05) is 18.7 Å². The van der Waals surface area contributed by atoms with Gasteiger partial charge >= 0.3 is 0 Å². The SMILES string of the molecule is Cc1nn(C)c(CCC=O)c1Br. The molecule has 0 aromatic carbocycles. The molecular formula is C8H11BrN2O. The fourth-order valence-electron chi connectivity index (χ4n) is 1.15. The minimum atomic E-state index is 0.553. The molecule has 0 unspecified atom stereocenters. The van der Waals surface area contributed by atoms with Gasteiger partial charge < -0.3 is 4.79 Å². The van der Waals surface area contributed by atoms with E-state index in [-0.39, 0.29) is 0 Å². The van der Waals surface area contributed by atoms with Crippen LogP contribution in [0, 0.1) is 6.92 Å². The molecule has 4 heteroatoms. The van der Waals surface area contributed by atoms with E-state index in [1.165, 1.54) is 0 Å². The zero-order valence-corrected chi connectivity index (χ0v) is 8.76. The summed E-state index contributed by atoms with van der Waals surface area (Å²) in [6.07, 6.45) is 2.23. The van der Waals surface area contributed by atoms with Gasteiger partial charge in [0.25, 0.3) is 0 Å². The van der Waals surface area contributed by atoms with E-state index in [1.54, 1.807) is 0 Å². The van der Waals surface area contributed by atoms with Crippen molar-refractivity contribution in [1.29, 1.82) is 0 Å². The molecule has 0 fully saturated rings. The van der Waals surface area contributed by atoms with Gasteiger partial charge in [-0.05, 0) is 29.3 Å². The third kappa shape index (κ3) is 1.75. The monoisotopic (exact) mass is 230 g/mol. The van der Waals surface area contributed by atoms with E-state index < -0.39 is 0 Å². The average molecular weight is 231 g/mol. The molecule has 0 aliphatic rings. The van der Waals surface area contributed by atoms with Crippen LogP contribution >= 0.6 is 15.9 Å². The van der Waals surface area contributed by atoms with Crippen LogP contribution in [-0.4, -0.2) is 16.1 Å². The lowest BCUT2D eigenvalue weighted by Gasteiger charge is -1.98. The Kier molecular flexibility index (Phi) is 3.03. The van der Waals surface area contributed by atoms with Crippen LogP contribution in [0.4, 0.5) is 0 Å². The van der Waals surface area contributed by atoms with Crippen molar-refractivity contribution in [1.82, 2.24) is 9.78 Å². The molecule has 0 aliphatic carbocycles. The van der Waals surface area contributed by atoms with Crippen LogP contribution in [0.25, 0.3) is 0 Å². The second-order valence-electron chi connectivity index (χ2n) is 2.68. The topological polar surface area (TPSA) is 34.9 Å². The second-order valence-corrected chi connectivity index (χ2v) is 3.47. The summed E-state index contributed by atoms with van der Waals surface area (Å²) in [6.45, 7) is 1.94. The van der Waals surface area contributed by atoms with Gasteiger partial charge in [0.15, 0.2) is 0 Å². The van der Waals surface area contributed by atoms with Gasteiger partial charge in [-0.15, -0.1) is 0 Å². The zero-order valence-electron chi connectivity index (χ0n) is 7.17. The lowest BCUT2D eigenvalue weighted by atomic mass is 10.2. The molecule has 0 spiro atoms. The van der Waals surface area contributed by atoms with Gasteiger partial charge in [0, 0.05) is 13.5 Å². The average Bonchev–Trinajstić information content (AvgIpc) is 2.25. The highest BCUT2D eigenvalue weighted by Gasteiger charge is 2.08. The van der Waals surface area contributed by atoms with Crippen LogP contribution in [0.15, 0.2) is 4.47 Å². The molecule has 12 heavy (non-hydrogen) atoms. The summed E-state index contributed by atoms with van der Waals surface area (Å²) in [5, 5.41) is 4.22. The Morgan fingerprint density at radius 2 is 2.33 bits per heavy atom. The van der Waals surface area contributed by atoms with E-state index in [0.29, 0.717) is 6.42 Å². The molecule has 66 valence electrons. The molecule has 1 aromatic rings. The summed E-state index contributed by atoms with van der Waals surface area (Å²) in [5.74, 6) is 0. The number of aldehydes is 1. The minimum Gasteiger partial charge on any atom is -0.303 e. The van der Waals surface area contributed by atoms with E-state index in [2.05, 4.69) is 21.0 Å². The quantitative estimate of drug-likeness (QED) is 0.741. The molecule has 0 amide bonds. The largest absolute Gasteiger partial charge is 0.303 e. The highest BCUT2D eigenvalue weighted by atomic mass is 79.9. The van der Waals surface area contributed by atoms with Gasteiger partial charge in [-0.25, -0.2) is 0 Å². The summed E-state index contributed by atoms with van der Waals surface area (Å²) in [6, 6.07) is 0. The predicted molar refractivity (Wildman–Crippen MR) is 50.0 cm³/mol. The van der Waals surface area contributed by atoms with Gasteiger partial charge in [-0.1, -0.05) is 0 Å². The third-order valence-electron chi connectivity index (χ3n) is 1.76. The zero-order chi connectivity index (χ0) is 9.14. The summed E-state index contributed by atoms with van der Waals surface area (Å²) >= 11 is 3.43. The fraction of sp³-hybridized carbons (Fsp3) is 0.500. The van der Waals surface area contributed by atoms with Crippen LogP contribution in [0.1, 0.15) is 17.8 Å². The maximum Gasteiger partial charge on any atom is 0.120 e. The molecule has 3 nitrogen and oxygen atoms in total. The lowest BCUT2D eigenvalue weighted by molar-refractivity contribution is -0.107. The maximum atomic E-state index is 10.2. The first kappa shape index (κ1) is 9.45. The first-order valence-corrected chi connectivity index (χ1v) is 4.57. The number of carbonyl (C=O) groups excluding carboxylic acids is 1. The predicted octanol–water partition coefficient (Wildman–Crippen LogP) is 1.62. The second kappa shape index (κ2) is 3.85. The van der Waals surface area contributed by atoms with Crippen LogP contribution in [0.2, 0.25) is 0 Å². The molecule has 1 aromatic heterocycles. The molecule has 0 radical (unpaired) electrons. The number of carbonyl (C=O) groups is 1. The van der Waals surface area contributed by atoms with Crippen molar-refractivity contribution in [3.8, 4) is 0 Å². The summed E-state index contributed by atoms with van der Waals surface area (Å²) < 4.78 is 2.83. The van der Waals surface area contributed by atoms with Crippen molar-refractivity contribution in [2.24, 2.45) is 7.05 Å². The molecule has 0 saturated heterocycles. The molecular weight excluding hydrogens is 220 g/mol. The maximum absolute atomic E-state index is 10.2. The molecule has 0 atom stereocenters. The Morgan fingerprint density at radius 1 is 1.67 bits per heavy atom. The Balaban J connectivity index is 2.89. The van der Waals surface area contributed by atoms with Gasteiger partial charge in [0.05, 0.1) is 15.9 Å². The number of halogens is 1. The number of aryl methyl sites for hydroxylation is 2. The van der Waals surface area contributed by atoms with Crippen LogP contribution in [-0.2, 0) is 18.3 Å². The van der Waals surface area contributed by atoms with Crippen molar-refractivity contribution in [2.75, 3.05) is 0 Å². The first-order chi connectivity index (χ1) is 5.66. The highest BCUT2D eigenvalue weighted by Crippen LogP contribution is 2.20. The molecule has 1 rings (SSSR count). The molecule has 1 heterocycles. The fourth-order valence-corrected chi connectivity index (χ4v) is 1.68. The Labute approximate surface area is 79.9 Å². The Morgan fingerprint density at radius 3 is 2.75 bits per heavy atom. The first-order valence-electron chi connectivity index (χ1n) is 3.78. The minimum absolute atomic E-state index is 0.553. The van der Waals surface area contributed by atoms with Crippen molar-refractivity contribution in [3.05, 3.63) is 15.9 Å².